The van der Waals surface area contributed by atoms with Gasteiger partial charge in [-0.1, -0.05) is 19.9 Å². The van der Waals surface area contributed by atoms with Crippen molar-refractivity contribution in [3.63, 3.8) is 0 Å². The maximum atomic E-state index is 5.05. The highest BCUT2D eigenvalue weighted by molar-refractivity contribution is 5.28. The smallest absolute Gasteiger partial charge is 0.213 e. The monoisotopic (exact) mass is 194 g/mol. The molecule has 0 N–H and O–H groups in total. The van der Waals surface area contributed by atoms with Gasteiger partial charge in [-0.3, -0.25) is 4.90 Å². The van der Waals surface area contributed by atoms with Gasteiger partial charge in [0.2, 0.25) is 5.88 Å². The normalized spacial score (nSPS) is 14.3. The molecule has 1 aromatic rings. The minimum absolute atomic E-state index is 0.712. The fourth-order valence-corrected chi connectivity index (χ4v) is 1.51. The first-order chi connectivity index (χ1) is 6.79. The second kappa shape index (κ2) is 4.96. The molecule has 1 aliphatic heterocycles. The van der Waals surface area contributed by atoms with E-state index in [9.17, 15) is 0 Å². The van der Waals surface area contributed by atoms with Crippen LogP contribution < -0.4 is 4.74 Å². The van der Waals surface area contributed by atoms with Crippen LogP contribution in [-0.4, -0.2) is 24.0 Å². The lowest BCUT2D eigenvalue weighted by molar-refractivity contribution is 0.349. The quantitative estimate of drug-likeness (QED) is 0.684. The first-order valence-corrected chi connectivity index (χ1v) is 5.01. The predicted molar refractivity (Wildman–Crippen MR) is 57.3 cm³/mol. The van der Waals surface area contributed by atoms with Crippen LogP contribution in [-0.2, 0) is 13.1 Å². The number of hydrogen-bond donors (Lipinski definition) is 0. The van der Waals surface area contributed by atoms with Gasteiger partial charge in [0.25, 0.3) is 0 Å². The van der Waals surface area contributed by atoms with E-state index in [0.717, 1.165) is 18.8 Å². The Kier molecular flexibility index (Phi) is 3.89. The van der Waals surface area contributed by atoms with Gasteiger partial charge in [0, 0.05) is 19.2 Å². The molecule has 0 saturated carbocycles. The number of pyridine rings is 1. The van der Waals surface area contributed by atoms with Crippen molar-refractivity contribution < 1.29 is 4.74 Å². The molecular weight excluding hydrogens is 176 g/mol. The Hall–Kier alpha value is -1.09. The molecule has 0 unspecified atom stereocenters. The number of hydrogen-bond acceptors (Lipinski definition) is 3. The number of ether oxygens (including phenoxy) is 1. The van der Waals surface area contributed by atoms with Crippen molar-refractivity contribution in [1.29, 1.82) is 0 Å². The molecule has 0 aromatic carbocycles. The SMILES string of the molecule is CC.COc1ccc2c(n1)CN(C)C2. The summed E-state index contributed by atoms with van der Waals surface area (Å²) in [5.74, 6) is 0.712. The molecule has 1 aliphatic rings. The van der Waals surface area contributed by atoms with Gasteiger partial charge in [0.05, 0.1) is 12.8 Å². The van der Waals surface area contributed by atoms with E-state index in [1.807, 2.05) is 19.9 Å². The summed E-state index contributed by atoms with van der Waals surface area (Å²) in [7, 11) is 3.74. The molecule has 3 nitrogen and oxygen atoms in total. The van der Waals surface area contributed by atoms with Crippen molar-refractivity contribution in [2.24, 2.45) is 0 Å². The highest BCUT2D eigenvalue weighted by Gasteiger charge is 2.16. The first kappa shape index (κ1) is 11.0. The van der Waals surface area contributed by atoms with Crippen LogP contribution in [0.2, 0.25) is 0 Å². The fourth-order valence-electron chi connectivity index (χ4n) is 1.51. The third-order valence-electron chi connectivity index (χ3n) is 2.11. The van der Waals surface area contributed by atoms with Crippen molar-refractivity contribution in [1.82, 2.24) is 9.88 Å². The Balaban J connectivity index is 0.000000461. The van der Waals surface area contributed by atoms with Gasteiger partial charge in [-0.2, -0.15) is 0 Å². The summed E-state index contributed by atoms with van der Waals surface area (Å²) in [5, 5.41) is 0. The maximum Gasteiger partial charge on any atom is 0.213 e. The minimum atomic E-state index is 0.712. The fraction of sp³-hybridized carbons (Fsp3) is 0.545. The lowest BCUT2D eigenvalue weighted by Gasteiger charge is -2.02. The van der Waals surface area contributed by atoms with Gasteiger partial charge in [-0.25, -0.2) is 4.98 Å². The highest BCUT2D eigenvalue weighted by atomic mass is 16.5. The number of methoxy groups -OCH3 is 1. The lowest BCUT2D eigenvalue weighted by atomic mass is 10.2. The van der Waals surface area contributed by atoms with Gasteiger partial charge in [-0.15, -0.1) is 0 Å². The van der Waals surface area contributed by atoms with Crippen LogP contribution in [0.4, 0.5) is 0 Å². The summed E-state index contributed by atoms with van der Waals surface area (Å²) < 4.78 is 5.05. The molecule has 3 heteroatoms. The molecule has 0 bridgehead atoms. The Morgan fingerprint density at radius 1 is 1.29 bits per heavy atom. The average molecular weight is 194 g/mol. The first-order valence-electron chi connectivity index (χ1n) is 5.01. The van der Waals surface area contributed by atoms with Crippen LogP contribution in [0.1, 0.15) is 25.1 Å². The molecule has 2 heterocycles. The molecule has 14 heavy (non-hydrogen) atoms. The summed E-state index contributed by atoms with van der Waals surface area (Å²) in [4.78, 5) is 6.59. The van der Waals surface area contributed by atoms with E-state index >= 15 is 0 Å². The van der Waals surface area contributed by atoms with Crippen LogP contribution in [0.5, 0.6) is 5.88 Å². The number of aromatic nitrogens is 1. The van der Waals surface area contributed by atoms with Gasteiger partial charge in [0.15, 0.2) is 0 Å². The van der Waals surface area contributed by atoms with Crippen LogP contribution in [0.15, 0.2) is 12.1 Å². The molecule has 78 valence electrons. The molecule has 0 atom stereocenters. The number of fused-ring (bicyclic) bond motifs is 1. The molecule has 2 rings (SSSR count). The molecule has 0 amide bonds. The number of rotatable bonds is 1. The molecule has 0 fully saturated rings. The van der Waals surface area contributed by atoms with Crippen LogP contribution in [0.3, 0.4) is 0 Å². The molecule has 0 radical (unpaired) electrons. The maximum absolute atomic E-state index is 5.05. The summed E-state index contributed by atoms with van der Waals surface area (Å²) in [6.45, 7) is 5.94. The summed E-state index contributed by atoms with van der Waals surface area (Å²) in [5.41, 5.74) is 2.47. The zero-order valence-corrected chi connectivity index (χ0v) is 9.37. The minimum Gasteiger partial charge on any atom is -0.481 e. The predicted octanol–water partition coefficient (Wildman–Crippen LogP) is 2.06. The van der Waals surface area contributed by atoms with Crippen molar-refractivity contribution in [2.75, 3.05) is 14.2 Å². The molecule has 0 saturated heterocycles. The highest BCUT2D eigenvalue weighted by Crippen LogP contribution is 2.21. The zero-order chi connectivity index (χ0) is 10.6. The van der Waals surface area contributed by atoms with Crippen molar-refractivity contribution >= 4 is 0 Å². The Morgan fingerprint density at radius 2 is 2.00 bits per heavy atom. The molecule has 0 aliphatic carbocycles. The van der Waals surface area contributed by atoms with Crippen LogP contribution in [0.25, 0.3) is 0 Å². The van der Waals surface area contributed by atoms with Gasteiger partial charge in [-0.05, 0) is 12.6 Å². The van der Waals surface area contributed by atoms with E-state index in [2.05, 4.69) is 23.0 Å². The molecule has 1 aromatic heterocycles. The number of nitrogens with zero attached hydrogens (tertiary/aromatic N) is 2. The van der Waals surface area contributed by atoms with E-state index in [-0.39, 0.29) is 0 Å². The summed E-state index contributed by atoms with van der Waals surface area (Å²) in [6, 6.07) is 4.00. The molecule has 0 spiro atoms. The van der Waals surface area contributed by atoms with E-state index in [0.29, 0.717) is 5.88 Å². The van der Waals surface area contributed by atoms with E-state index in [1.54, 1.807) is 7.11 Å². The van der Waals surface area contributed by atoms with Crippen molar-refractivity contribution in [3.8, 4) is 5.88 Å². The van der Waals surface area contributed by atoms with Crippen LogP contribution >= 0.6 is 0 Å². The second-order valence-corrected chi connectivity index (χ2v) is 3.13. The summed E-state index contributed by atoms with van der Waals surface area (Å²) in [6.07, 6.45) is 0. The van der Waals surface area contributed by atoms with E-state index in [1.165, 1.54) is 5.56 Å². The van der Waals surface area contributed by atoms with Crippen molar-refractivity contribution in [3.05, 3.63) is 23.4 Å². The Labute approximate surface area is 85.7 Å². The third kappa shape index (κ3) is 2.23. The van der Waals surface area contributed by atoms with E-state index in [4.69, 9.17) is 4.74 Å². The van der Waals surface area contributed by atoms with Crippen LogP contribution in [0, 0.1) is 0 Å². The topological polar surface area (TPSA) is 25.4 Å². The molecular formula is C11H18N2O. The van der Waals surface area contributed by atoms with E-state index < -0.39 is 0 Å². The largest absolute Gasteiger partial charge is 0.481 e. The van der Waals surface area contributed by atoms with Gasteiger partial charge in [0.1, 0.15) is 0 Å². The average Bonchev–Trinajstić information content (AvgIpc) is 2.59. The summed E-state index contributed by atoms with van der Waals surface area (Å²) >= 11 is 0. The van der Waals surface area contributed by atoms with Gasteiger partial charge >= 0.3 is 0 Å². The third-order valence-corrected chi connectivity index (χ3v) is 2.11. The Bertz CT molecular complexity index is 299. The standard InChI is InChI=1S/C9H12N2O.C2H6/c1-11-5-7-3-4-9(12-2)10-8(7)6-11;1-2/h3-4H,5-6H2,1-2H3;1-2H3. The van der Waals surface area contributed by atoms with Gasteiger partial charge < -0.3 is 4.74 Å². The second-order valence-electron chi connectivity index (χ2n) is 3.13. The zero-order valence-electron chi connectivity index (χ0n) is 9.37. The van der Waals surface area contributed by atoms with Crippen molar-refractivity contribution in [2.45, 2.75) is 26.9 Å². The lowest BCUT2D eigenvalue weighted by Crippen LogP contribution is -2.07. The Morgan fingerprint density at radius 3 is 2.64 bits per heavy atom.